The molecule has 156 valence electrons. The number of anilines is 2. The SMILES string of the molecule is Cc1cc(NC(=O)c2c(N)sc3c2CCC(C)(C)C3)ccc1CCc1ccccc1. The molecule has 2 aromatic carbocycles. The van der Waals surface area contributed by atoms with E-state index in [1.807, 2.05) is 12.1 Å². The Hall–Kier alpha value is -2.59. The fraction of sp³-hybridized carbons (Fsp3) is 0.346. The Kier molecular flexibility index (Phi) is 5.70. The lowest BCUT2D eigenvalue weighted by Gasteiger charge is -2.29. The van der Waals surface area contributed by atoms with E-state index >= 15 is 0 Å². The first-order valence-electron chi connectivity index (χ1n) is 10.7. The molecule has 0 fully saturated rings. The van der Waals surface area contributed by atoms with Crippen LogP contribution in [0.4, 0.5) is 10.7 Å². The Morgan fingerprint density at radius 1 is 1.13 bits per heavy atom. The van der Waals surface area contributed by atoms with E-state index in [0.29, 0.717) is 10.6 Å². The van der Waals surface area contributed by atoms with Gasteiger partial charge in [0, 0.05) is 10.6 Å². The van der Waals surface area contributed by atoms with Crippen molar-refractivity contribution in [2.45, 2.75) is 52.9 Å². The lowest BCUT2D eigenvalue weighted by atomic mass is 9.77. The van der Waals surface area contributed by atoms with Gasteiger partial charge in [0.25, 0.3) is 5.91 Å². The van der Waals surface area contributed by atoms with Crippen LogP contribution in [0.25, 0.3) is 0 Å². The molecule has 0 atom stereocenters. The maximum absolute atomic E-state index is 13.1. The van der Waals surface area contributed by atoms with E-state index in [0.717, 1.165) is 43.4 Å². The number of hydrogen-bond acceptors (Lipinski definition) is 3. The van der Waals surface area contributed by atoms with Crippen LogP contribution in [0.5, 0.6) is 0 Å². The molecular weight excluding hydrogens is 388 g/mol. The number of nitrogen functional groups attached to an aromatic ring is 1. The van der Waals surface area contributed by atoms with Gasteiger partial charge in [0.05, 0.1) is 10.6 Å². The van der Waals surface area contributed by atoms with Gasteiger partial charge < -0.3 is 11.1 Å². The maximum atomic E-state index is 13.1. The minimum Gasteiger partial charge on any atom is -0.390 e. The Bertz CT molecular complexity index is 1070. The molecule has 0 spiro atoms. The average Bonchev–Trinajstić information content (AvgIpc) is 3.02. The molecule has 30 heavy (non-hydrogen) atoms. The number of benzene rings is 2. The van der Waals surface area contributed by atoms with Gasteiger partial charge in [-0.25, -0.2) is 0 Å². The molecule has 1 aliphatic rings. The van der Waals surface area contributed by atoms with Gasteiger partial charge in [0.1, 0.15) is 0 Å². The molecule has 3 nitrogen and oxygen atoms in total. The number of fused-ring (bicyclic) bond motifs is 1. The minimum atomic E-state index is -0.0823. The number of nitrogens with one attached hydrogen (secondary N) is 1. The molecule has 0 saturated carbocycles. The predicted molar refractivity (Wildman–Crippen MR) is 128 cm³/mol. The molecule has 1 amide bonds. The summed E-state index contributed by atoms with van der Waals surface area (Å²) in [5.41, 5.74) is 13.1. The Labute approximate surface area is 183 Å². The number of carbonyl (C=O) groups is 1. The van der Waals surface area contributed by atoms with Crippen LogP contribution in [0.1, 0.15) is 57.8 Å². The maximum Gasteiger partial charge on any atom is 0.258 e. The topological polar surface area (TPSA) is 55.1 Å². The molecule has 1 heterocycles. The van der Waals surface area contributed by atoms with Crippen molar-refractivity contribution in [1.82, 2.24) is 0 Å². The summed E-state index contributed by atoms with van der Waals surface area (Å²) in [5.74, 6) is -0.0823. The number of thiophene rings is 1. The van der Waals surface area contributed by atoms with Crippen LogP contribution in [-0.2, 0) is 25.7 Å². The summed E-state index contributed by atoms with van der Waals surface area (Å²) >= 11 is 1.59. The van der Waals surface area contributed by atoms with Crippen molar-refractivity contribution in [3.63, 3.8) is 0 Å². The monoisotopic (exact) mass is 418 g/mol. The zero-order valence-electron chi connectivity index (χ0n) is 18.0. The Morgan fingerprint density at radius 2 is 1.90 bits per heavy atom. The van der Waals surface area contributed by atoms with Gasteiger partial charge in [-0.1, -0.05) is 50.2 Å². The van der Waals surface area contributed by atoms with Crippen LogP contribution in [0.3, 0.4) is 0 Å². The molecule has 0 bridgehead atoms. The lowest BCUT2D eigenvalue weighted by Crippen LogP contribution is -2.23. The van der Waals surface area contributed by atoms with E-state index in [9.17, 15) is 4.79 Å². The second-order valence-corrected chi connectivity index (χ2v) is 10.3. The molecule has 4 rings (SSSR count). The second-order valence-electron chi connectivity index (χ2n) is 9.17. The summed E-state index contributed by atoms with van der Waals surface area (Å²) in [6.07, 6.45) is 5.02. The van der Waals surface area contributed by atoms with Gasteiger partial charge in [-0.2, -0.15) is 0 Å². The van der Waals surface area contributed by atoms with E-state index in [-0.39, 0.29) is 11.3 Å². The standard InChI is InChI=1S/C26H30N2OS/c1-17-15-20(12-11-19(17)10-9-18-7-5-4-6-8-18)28-25(29)23-21-13-14-26(2,3)16-22(21)30-24(23)27/h4-8,11-12,15H,9-10,13-14,16,27H2,1-3H3,(H,28,29). The van der Waals surface area contributed by atoms with Gasteiger partial charge in [0.15, 0.2) is 0 Å². The van der Waals surface area contributed by atoms with Crippen LogP contribution in [-0.4, -0.2) is 5.91 Å². The van der Waals surface area contributed by atoms with E-state index in [2.05, 4.69) is 62.5 Å². The van der Waals surface area contributed by atoms with E-state index in [1.165, 1.54) is 21.6 Å². The van der Waals surface area contributed by atoms with Gasteiger partial charge in [-0.15, -0.1) is 11.3 Å². The molecule has 0 unspecified atom stereocenters. The van der Waals surface area contributed by atoms with Gasteiger partial charge in [-0.05, 0) is 78.8 Å². The third-order valence-electron chi connectivity index (χ3n) is 6.16. The number of nitrogens with two attached hydrogens (primary N) is 1. The van der Waals surface area contributed by atoms with E-state index in [4.69, 9.17) is 5.73 Å². The number of carbonyl (C=O) groups excluding carboxylic acids is 1. The van der Waals surface area contributed by atoms with Crippen molar-refractivity contribution < 1.29 is 4.79 Å². The third kappa shape index (κ3) is 4.44. The second kappa shape index (κ2) is 8.27. The number of hydrogen-bond donors (Lipinski definition) is 2. The Morgan fingerprint density at radius 3 is 2.63 bits per heavy atom. The highest BCUT2D eigenvalue weighted by Crippen LogP contribution is 2.42. The summed E-state index contributed by atoms with van der Waals surface area (Å²) in [5, 5.41) is 3.73. The largest absolute Gasteiger partial charge is 0.390 e. The first-order valence-corrected chi connectivity index (χ1v) is 11.5. The zero-order chi connectivity index (χ0) is 21.3. The number of amides is 1. The van der Waals surface area contributed by atoms with Crippen LogP contribution >= 0.6 is 11.3 Å². The lowest BCUT2D eigenvalue weighted by molar-refractivity contribution is 0.102. The van der Waals surface area contributed by atoms with Gasteiger partial charge in [0.2, 0.25) is 0 Å². The highest BCUT2D eigenvalue weighted by Gasteiger charge is 2.31. The zero-order valence-corrected chi connectivity index (χ0v) is 18.9. The molecule has 1 aromatic heterocycles. The van der Waals surface area contributed by atoms with Gasteiger partial charge >= 0.3 is 0 Å². The Balaban J connectivity index is 1.47. The van der Waals surface area contributed by atoms with Crippen molar-refractivity contribution >= 4 is 27.9 Å². The highest BCUT2D eigenvalue weighted by molar-refractivity contribution is 7.16. The van der Waals surface area contributed by atoms with Crippen molar-refractivity contribution in [1.29, 1.82) is 0 Å². The van der Waals surface area contributed by atoms with Crippen LogP contribution in [0.15, 0.2) is 48.5 Å². The summed E-state index contributed by atoms with van der Waals surface area (Å²) in [6.45, 7) is 6.68. The van der Waals surface area contributed by atoms with Crippen molar-refractivity contribution in [2.24, 2.45) is 5.41 Å². The summed E-state index contributed by atoms with van der Waals surface area (Å²) in [6, 6.07) is 16.7. The fourth-order valence-electron chi connectivity index (χ4n) is 4.35. The minimum absolute atomic E-state index is 0.0823. The van der Waals surface area contributed by atoms with E-state index in [1.54, 1.807) is 11.3 Å². The molecule has 3 N–H and O–H groups in total. The van der Waals surface area contributed by atoms with Crippen molar-refractivity contribution in [3.8, 4) is 0 Å². The van der Waals surface area contributed by atoms with Crippen LogP contribution < -0.4 is 11.1 Å². The first-order chi connectivity index (χ1) is 14.3. The predicted octanol–water partition coefficient (Wildman–Crippen LogP) is 6.19. The average molecular weight is 419 g/mol. The van der Waals surface area contributed by atoms with Gasteiger partial charge in [-0.3, -0.25) is 4.79 Å². The first kappa shape index (κ1) is 20.7. The molecule has 4 heteroatoms. The fourth-order valence-corrected chi connectivity index (χ4v) is 5.72. The summed E-state index contributed by atoms with van der Waals surface area (Å²) in [7, 11) is 0. The number of aryl methyl sites for hydroxylation is 3. The van der Waals surface area contributed by atoms with Crippen molar-refractivity contribution in [3.05, 3.63) is 81.2 Å². The third-order valence-corrected chi connectivity index (χ3v) is 7.22. The normalized spacial score (nSPS) is 14.9. The van der Waals surface area contributed by atoms with Crippen LogP contribution in [0, 0.1) is 12.3 Å². The molecule has 1 aliphatic carbocycles. The van der Waals surface area contributed by atoms with Crippen LogP contribution in [0.2, 0.25) is 0 Å². The molecular formula is C26H30N2OS. The smallest absolute Gasteiger partial charge is 0.258 e. The van der Waals surface area contributed by atoms with Crippen molar-refractivity contribution in [2.75, 3.05) is 11.1 Å². The molecule has 0 radical (unpaired) electrons. The summed E-state index contributed by atoms with van der Waals surface area (Å²) < 4.78 is 0. The molecule has 0 aliphatic heterocycles. The molecule has 3 aromatic rings. The quantitative estimate of drug-likeness (QED) is 0.519. The molecule has 0 saturated heterocycles. The summed E-state index contributed by atoms with van der Waals surface area (Å²) in [4.78, 5) is 14.3. The van der Waals surface area contributed by atoms with E-state index < -0.39 is 0 Å². The number of rotatable bonds is 5. The highest BCUT2D eigenvalue weighted by atomic mass is 32.1.